The van der Waals surface area contributed by atoms with E-state index in [0.29, 0.717) is 22.9 Å². The topological polar surface area (TPSA) is 67.9 Å². The molecule has 0 radical (unpaired) electrons. The maximum atomic E-state index is 13.6. The lowest BCUT2D eigenvalue weighted by molar-refractivity contribution is -0.143. The highest BCUT2D eigenvalue weighted by Crippen LogP contribution is 2.24. The third kappa shape index (κ3) is 7.76. The fraction of sp³-hybridized carbons (Fsp3) is 0.286. The zero-order chi connectivity index (χ0) is 25.2. The van der Waals surface area contributed by atoms with Gasteiger partial charge in [-0.05, 0) is 49.2 Å². The van der Waals surface area contributed by atoms with Crippen molar-refractivity contribution in [1.29, 1.82) is 0 Å². The molecule has 7 heteroatoms. The lowest BCUT2D eigenvalue weighted by Crippen LogP contribution is -2.52. The number of benzene rings is 3. The molecule has 0 aliphatic carbocycles. The molecule has 35 heavy (non-hydrogen) atoms. The fourth-order valence-electron chi connectivity index (χ4n) is 3.69. The normalized spacial score (nSPS) is 11.6. The van der Waals surface area contributed by atoms with Crippen LogP contribution in [0.25, 0.3) is 0 Å². The Balaban J connectivity index is 1.93. The van der Waals surface area contributed by atoms with Gasteiger partial charge in [0, 0.05) is 19.0 Å². The third-order valence-electron chi connectivity index (χ3n) is 5.38. The summed E-state index contributed by atoms with van der Waals surface area (Å²) in [5, 5.41) is 3.39. The second-order valence-corrected chi connectivity index (χ2v) is 8.87. The number of ether oxygens (including phenoxy) is 2. The molecule has 1 atom stereocenters. The number of carbonyl (C=O) groups excluding carboxylic acids is 2. The maximum absolute atomic E-state index is 13.6. The van der Waals surface area contributed by atoms with Crippen LogP contribution in [0.5, 0.6) is 11.5 Å². The van der Waals surface area contributed by atoms with Gasteiger partial charge in [-0.1, -0.05) is 66.2 Å². The number of carbonyl (C=O) groups is 2. The van der Waals surface area contributed by atoms with Gasteiger partial charge in [-0.25, -0.2) is 0 Å². The molecule has 0 spiro atoms. The van der Waals surface area contributed by atoms with Crippen LogP contribution in [0.4, 0.5) is 0 Å². The van der Waals surface area contributed by atoms with E-state index in [2.05, 4.69) is 5.32 Å². The molecule has 0 fully saturated rings. The Bertz CT molecular complexity index is 1120. The number of para-hydroxylation sites is 1. The zero-order valence-corrected chi connectivity index (χ0v) is 21.0. The molecular formula is C28H31ClN2O4. The molecular weight excluding hydrogens is 464 g/mol. The Morgan fingerprint density at radius 1 is 0.943 bits per heavy atom. The predicted octanol–water partition coefficient (Wildman–Crippen LogP) is 4.89. The summed E-state index contributed by atoms with van der Waals surface area (Å²) >= 11 is 6.20. The molecule has 1 N–H and O–H groups in total. The summed E-state index contributed by atoms with van der Waals surface area (Å²) in [7, 11) is 1.59. The zero-order valence-electron chi connectivity index (χ0n) is 20.2. The minimum absolute atomic E-state index is 0.0751. The quantitative estimate of drug-likeness (QED) is 0.412. The van der Waals surface area contributed by atoms with Gasteiger partial charge in [0.25, 0.3) is 5.91 Å². The minimum Gasteiger partial charge on any atom is -0.497 e. The van der Waals surface area contributed by atoms with Crippen molar-refractivity contribution in [2.45, 2.75) is 38.9 Å². The van der Waals surface area contributed by atoms with Gasteiger partial charge < -0.3 is 19.7 Å². The molecule has 3 aromatic rings. The van der Waals surface area contributed by atoms with Crippen LogP contribution in [-0.2, 0) is 22.6 Å². The molecule has 0 saturated carbocycles. The lowest BCUT2D eigenvalue weighted by Gasteiger charge is -2.32. The SMILES string of the molecule is COc1cccc(CN(C(=O)COc2ccccc2Cl)C(Cc2ccccc2)C(=O)NC(C)C)c1. The summed E-state index contributed by atoms with van der Waals surface area (Å²) in [6.45, 7) is 3.75. The molecule has 0 aliphatic heterocycles. The largest absolute Gasteiger partial charge is 0.497 e. The van der Waals surface area contributed by atoms with Gasteiger partial charge in [0.2, 0.25) is 5.91 Å². The molecule has 0 bridgehead atoms. The monoisotopic (exact) mass is 494 g/mol. The van der Waals surface area contributed by atoms with E-state index in [1.165, 1.54) is 0 Å². The highest BCUT2D eigenvalue weighted by molar-refractivity contribution is 6.32. The second-order valence-electron chi connectivity index (χ2n) is 8.46. The lowest BCUT2D eigenvalue weighted by atomic mass is 10.0. The van der Waals surface area contributed by atoms with Crippen LogP contribution < -0.4 is 14.8 Å². The number of nitrogens with zero attached hydrogens (tertiary/aromatic N) is 1. The van der Waals surface area contributed by atoms with Gasteiger partial charge in [-0.3, -0.25) is 9.59 Å². The smallest absolute Gasteiger partial charge is 0.261 e. The van der Waals surface area contributed by atoms with Crippen LogP contribution in [0.3, 0.4) is 0 Å². The summed E-state index contributed by atoms with van der Waals surface area (Å²) < 4.78 is 11.1. The standard InChI is InChI=1S/C28H31ClN2O4/c1-20(2)30-28(33)25(17-21-10-5-4-6-11-21)31(18-22-12-9-13-23(16-22)34-3)27(32)19-35-26-15-8-7-14-24(26)29/h4-16,20,25H,17-19H2,1-3H3,(H,30,33). The van der Waals surface area contributed by atoms with E-state index in [0.717, 1.165) is 11.1 Å². The van der Waals surface area contributed by atoms with Crippen molar-refractivity contribution in [3.63, 3.8) is 0 Å². The van der Waals surface area contributed by atoms with Gasteiger partial charge >= 0.3 is 0 Å². The fourth-order valence-corrected chi connectivity index (χ4v) is 3.88. The Kier molecular flexibility index (Phi) is 9.56. The van der Waals surface area contributed by atoms with E-state index in [1.54, 1.807) is 36.3 Å². The molecule has 0 heterocycles. The van der Waals surface area contributed by atoms with Crippen LogP contribution in [0, 0.1) is 0 Å². The number of methoxy groups -OCH3 is 1. The Morgan fingerprint density at radius 3 is 2.31 bits per heavy atom. The van der Waals surface area contributed by atoms with Crippen LogP contribution in [-0.4, -0.2) is 42.5 Å². The first-order valence-electron chi connectivity index (χ1n) is 11.5. The van der Waals surface area contributed by atoms with Crippen molar-refractivity contribution in [3.05, 3.63) is 95.0 Å². The van der Waals surface area contributed by atoms with Gasteiger partial charge in [0.15, 0.2) is 6.61 Å². The van der Waals surface area contributed by atoms with Gasteiger partial charge in [0.1, 0.15) is 17.5 Å². The molecule has 0 aliphatic rings. The van der Waals surface area contributed by atoms with Crippen molar-refractivity contribution in [1.82, 2.24) is 10.2 Å². The molecule has 3 rings (SSSR count). The third-order valence-corrected chi connectivity index (χ3v) is 5.69. The minimum atomic E-state index is -0.742. The molecule has 3 aromatic carbocycles. The average Bonchev–Trinajstić information content (AvgIpc) is 2.85. The number of rotatable bonds is 11. The summed E-state index contributed by atoms with van der Waals surface area (Å²) in [5.41, 5.74) is 1.79. The van der Waals surface area contributed by atoms with Crippen LogP contribution >= 0.6 is 11.6 Å². The van der Waals surface area contributed by atoms with Gasteiger partial charge in [0.05, 0.1) is 12.1 Å². The first-order chi connectivity index (χ1) is 16.9. The first kappa shape index (κ1) is 26.1. The van der Waals surface area contributed by atoms with E-state index in [9.17, 15) is 9.59 Å². The number of halogens is 1. The summed E-state index contributed by atoms with van der Waals surface area (Å²) in [5.74, 6) is 0.536. The molecule has 1 unspecified atom stereocenters. The van der Waals surface area contributed by atoms with Crippen LogP contribution in [0.1, 0.15) is 25.0 Å². The predicted molar refractivity (Wildman–Crippen MR) is 138 cm³/mol. The molecule has 0 saturated heterocycles. The Morgan fingerprint density at radius 2 is 1.63 bits per heavy atom. The highest BCUT2D eigenvalue weighted by atomic mass is 35.5. The number of nitrogens with one attached hydrogen (secondary N) is 1. The summed E-state index contributed by atoms with van der Waals surface area (Å²) in [4.78, 5) is 28.5. The number of hydrogen-bond acceptors (Lipinski definition) is 4. The Labute approximate surface area is 211 Å². The number of hydrogen-bond donors (Lipinski definition) is 1. The molecule has 184 valence electrons. The number of amides is 2. The van der Waals surface area contributed by atoms with Crippen molar-refractivity contribution in [2.24, 2.45) is 0 Å². The summed E-state index contributed by atoms with van der Waals surface area (Å²) in [6.07, 6.45) is 0.362. The van der Waals surface area contributed by atoms with E-state index >= 15 is 0 Å². The molecule has 0 aromatic heterocycles. The van der Waals surface area contributed by atoms with E-state index < -0.39 is 6.04 Å². The van der Waals surface area contributed by atoms with Crippen molar-refractivity contribution < 1.29 is 19.1 Å². The van der Waals surface area contributed by atoms with Crippen molar-refractivity contribution in [2.75, 3.05) is 13.7 Å². The molecule has 2 amide bonds. The maximum Gasteiger partial charge on any atom is 0.261 e. The first-order valence-corrected chi connectivity index (χ1v) is 11.9. The van der Waals surface area contributed by atoms with Crippen LogP contribution in [0.15, 0.2) is 78.9 Å². The van der Waals surface area contributed by atoms with Crippen LogP contribution in [0.2, 0.25) is 5.02 Å². The van der Waals surface area contributed by atoms with Crippen molar-refractivity contribution in [3.8, 4) is 11.5 Å². The molecule has 6 nitrogen and oxygen atoms in total. The van der Waals surface area contributed by atoms with Crippen molar-refractivity contribution >= 4 is 23.4 Å². The van der Waals surface area contributed by atoms with E-state index in [4.69, 9.17) is 21.1 Å². The Hall–Kier alpha value is -3.51. The van der Waals surface area contributed by atoms with Gasteiger partial charge in [-0.15, -0.1) is 0 Å². The second kappa shape index (κ2) is 12.8. The highest BCUT2D eigenvalue weighted by Gasteiger charge is 2.31. The van der Waals surface area contributed by atoms with E-state index in [-0.39, 0.29) is 31.0 Å². The average molecular weight is 495 g/mol. The van der Waals surface area contributed by atoms with E-state index in [1.807, 2.05) is 68.4 Å². The van der Waals surface area contributed by atoms with Gasteiger partial charge in [-0.2, -0.15) is 0 Å². The summed E-state index contributed by atoms with van der Waals surface area (Å²) in [6, 6.07) is 23.3.